The fourth-order valence-electron chi connectivity index (χ4n) is 2.33. The predicted molar refractivity (Wildman–Crippen MR) is 65.0 cm³/mol. The van der Waals surface area contributed by atoms with Gasteiger partial charge in [0.1, 0.15) is 5.01 Å². The number of carboxylic acid groups (broad SMARTS) is 1. The third kappa shape index (κ3) is 1.84. The number of carbonyl (C=O) groups is 1. The number of ether oxygens (including phenoxy) is 2. The Hall–Kier alpha value is -0.980. The summed E-state index contributed by atoms with van der Waals surface area (Å²) in [7, 11) is 0. The lowest BCUT2D eigenvalue weighted by Gasteiger charge is -2.35. The second-order valence-electron chi connectivity index (χ2n) is 4.84. The first-order valence-electron chi connectivity index (χ1n) is 6.07. The molecule has 3 heterocycles. The molecule has 5 nitrogen and oxygen atoms in total. The fraction of sp³-hybridized carbons (Fsp3) is 0.667. The molecular formula is C12H15NO4S. The highest BCUT2D eigenvalue weighted by molar-refractivity contribution is 7.10. The van der Waals surface area contributed by atoms with Gasteiger partial charge in [-0.25, -0.2) is 4.98 Å². The minimum absolute atomic E-state index is 0.239. The summed E-state index contributed by atoms with van der Waals surface area (Å²) in [4.78, 5) is 15.9. The molecule has 0 aliphatic carbocycles. The van der Waals surface area contributed by atoms with E-state index < -0.39 is 11.4 Å². The van der Waals surface area contributed by atoms with E-state index >= 15 is 0 Å². The first-order chi connectivity index (χ1) is 8.72. The van der Waals surface area contributed by atoms with Gasteiger partial charge in [0.2, 0.25) is 0 Å². The summed E-state index contributed by atoms with van der Waals surface area (Å²) in [6.07, 6.45) is 1.94. The van der Waals surface area contributed by atoms with Gasteiger partial charge < -0.3 is 14.6 Å². The van der Waals surface area contributed by atoms with Crippen LogP contribution in [0, 0.1) is 0 Å². The average molecular weight is 269 g/mol. The van der Waals surface area contributed by atoms with Crippen LogP contribution in [0.25, 0.3) is 0 Å². The van der Waals surface area contributed by atoms with E-state index in [0.29, 0.717) is 10.9 Å². The minimum Gasteiger partial charge on any atom is -0.480 e. The van der Waals surface area contributed by atoms with Crippen LogP contribution in [-0.2, 0) is 19.7 Å². The van der Waals surface area contributed by atoms with Crippen LogP contribution in [0.2, 0.25) is 0 Å². The molecule has 0 unspecified atom stereocenters. The van der Waals surface area contributed by atoms with Crippen molar-refractivity contribution in [3.8, 4) is 0 Å². The Morgan fingerprint density at radius 1 is 1.39 bits per heavy atom. The van der Waals surface area contributed by atoms with Crippen molar-refractivity contribution < 1.29 is 19.4 Å². The molecule has 0 amide bonds. The van der Waals surface area contributed by atoms with E-state index in [1.807, 2.05) is 5.38 Å². The smallest absolute Gasteiger partial charge is 0.321 e. The Morgan fingerprint density at radius 3 is 2.67 bits per heavy atom. The molecule has 0 aromatic carbocycles. The van der Waals surface area contributed by atoms with Crippen molar-refractivity contribution in [1.82, 2.24) is 4.98 Å². The Labute approximate surface area is 109 Å². The molecule has 2 fully saturated rings. The average Bonchev–Trinajstić information content (AvgIpc) is 2.78. The summed E-state index contributed by atoms with van der Waals surface area (Å²) >= 11 is 1.44. The maximum absolute atomic E-state index is 11.4. The maximum atomic E-state index is 11.4. The predicted octanol–water partition coefficient (Wildman–Crippen LogP) is 1.39. The SMILES string of the molecule is O=C(O)C1(c2nc(C3CCOCC3)cs2)COC1. The van der Waals surface area contributed by atoms with Gasteiger partial charge >= 0.3 is 5.97 Å². The Bertz CT molecular complexity index is 449. The van der Waals surface area contributed by atoms with E-state index in [-0.39, 0.29) is 13.2 Å². The molecule has 3 rings (SSSR count). The van der Waals surface area contributed by atoms with Crippen molar-refractivity contribution >= 4 is 17.3 Å². The molecule has 1 N–H and O–H groups in total. The molecule has 2 saturated heterocycles. The number of carboxylic acids is 1. The van der Waals surface area contributed by atoms with Crippen molar-refractivity contribution in [3.05, 3.63) is 16.1 Å². The van der Waals surface area contributed by atoms with Crippen LogP contribution in [0.1, 0.15) is 29.5 Å². The van der Waals surface area contributed by atoms with E-state index in [9.17, 15) is 9.90 Å². The molecule has 0 saturated carbocycles. The van der Waals surface area contributed by atoms with Gasteiger partial charge in [0.25, 0.3) is 0 Å². The van der Waals surface area contributed by atoms with Gasteiger partial charge in [0, 0.05) is 24.5 Å². The van der Waals surface area contributed by atoms with E-state index in [4.69, 9.17) is 9.47 Å². The number of hydrogen-bond donors (Lipinski definition) is 1. The highest BCUT2D eigenvalue weighted by atomic mass is 32.1. The zero-order chi connectivity index (χ0) is 12.6. The van der Waals surface area contributed by atoms with Crippen LogP contribution in [-0.4, -0.2) is 42.5 Å². The lowest BCUT2D eigenvalue weighted by molar-refractivity contribution is -0.163. The number of hydrogen-bond acceptors (Lipinski definition) is 5. The molecule has 0 radical (unpaired) electrons. The molecule has 98 valence electrons. The monoisotopic (exact) mass is 269 g/mol. The van der Waals surface area contributed by atoms with E-state index in [0.717, 1.165) is 31.7 Å². The second kappa shape index (κ2) is 4.60. The van der Waals surface area contributed by atoms with Crippen molar-refractivity contribution in [2.24, 2.45) is 0 Å². The van der Waals surface area contributed by atoms with E-state index in [1.54, 1.807) is 0 Å². The number of rotatable bonds is 3. The van der Waals surface area contributed by atoms with Gasteiger partial charge in [-0.1, -0.05) is 0 Å². The molecule has 1 aromatic rings. The number of aliphatic carboxylic acids is 1. The molecule has 0 bridgehead atoms. The summed E-state index contributed by atoms with van der Waals surface area (Å²) in [6.45, 7) is 2.02. The molecular weight excluding hydrogens is 254 g/mol. The molecule has 2 aliphatic rings. The van der Waals surface area contributed by atoms with Crippen molar-refractivity contribution in [2.45, 2.75) is 24.2 Å². The lowest BCUT2D eigenvalue weighted by atomic mass is 9.87. The van der Waals surface area contributed by atoms with Crippen LogP contribution in [0.15, 0.2) is 5.38 Å². The van der Waals surface area contributed by atoms with Crippen LogP contribution in [0.5, 0.6) is 0 Å². The molecule has 1 aromatic heterocycles. The van der Waals surface area contributed by atoms with E-state index in [1.165, 1.54) is 11.3 Å². The molecule has 18 heavy (non-hydrogen) atoms. The quantitative estimate of drug-likeness (QED) is 0.898. The van der Waals surface area contributed by atoms with Gasteiger partial charge in [0.05, 0.1) is 18.9 Å². The number of aromatic nitrogens is 1. The van der Waals surface area contributed by atoms with Crippen LogP contribution >= 0.6 is 11.3 Å². The third-order valence-electron chi connectivity index (χ3n) is 3.68. The molecule has 0 atom stereocenters. The first kappa shape index (κ1) is 12.1. The van der Waals surface area contributed by atoms with Gasteiger partial charge in [-0.05, 0) is 12.8 Å². The number of nitrogens with zero attached hydrogens (tertiary/aromatic N) is 1. The van der Waals surface area contributed by atoms with Gasteiger partial charge in [-0.3, -0.25) is 4.79 Å². The van der Waals surface area contributed by atoms with Gasteiger partial charge in [-0.15, -0.1) is 11.3 Å². The molecule has 0 spiro atoms. The number of thiazole rings is 1. The van der Waals surface area contributed by atoms with Gasteiger partial charge in [-0.2, -0.15) is 0 Å². The van der Waals surface area contributed by atoms with Gasteiger partial charge in [0.15, 0.2) is 5.41 Å². The Kier molecular flexibility index (Phi) is 3.09. The van der Waals surface area contributed by atoms with E-state index in [2.05, 4.69) is 4.98 Å². The normalized spacial score (nSPS) is 23.6. The summed E-state index contributed by atoms with van der Waals surface area (Å²) < 4.78 is 10.4. The topological polar surface area (TPSA) is 68.7 Å². The van der Waals surface area contributed by atoms with Crippen LogP contribution in [0.4, 0.5) is 0 Å². The lowest BCUT2D eigenvalue weighted by Crippen LogP contribution is -2.53. The van der Waals surface area contributed by atoms with Crippen LogP contribution in [0.3, 0.4) is 0 Å². The van der Waals surface area contributed by atoms with Crippen molar-refractivity contribution in [2.75, 3.05) is 26.4 Å². The first-order valence-corrected chi connectivity index (χ1v) is 6.95. The summed E-state index contributed by atoms with van der Waals surface area (Å²) in [5.41, 5.74) is 0.125. The summed E-state index contributed by atoms with van der Waals surface area (Å²) in [6, 6.07) is 0. The van der Waals surface area contributed by atoms with Crippen molar-refractivity contribution in [1.29, 1.82) is 0 Å². The highest BCUT2D eigenvalue weighted by Crippen LogP contribution is 2.37. The third-order valence-corrected chi connectivity index (χ3v) is 4.74. The zero-order valence-electron chi connectivity index (χ0n) is 9.92. The standard InChI is InChI=1S/C12H15NO4S/c14-11(15)12(6-17-7-12)10-13-9(5-18-10)8-1-3-16-4-2-8/h5,8H,1-4,6-7H2,(H,14,15). The fourth-order valence-corrected chi connectivity index (χ4v) is 3.40. The zero-order valence-corrected chi connectivity index (χ0v) is 10.7. The minimum atomic E-state index is -0.895. The highest BCUT2D eigenvalue weighted by Gasteiger charge is 2.50. The summed E-state index contributed by atoms with van der Waals surface area (Å²) in [5.74, 6) is -0.419. The Morgan fingerprint density at radius 2 is 2.11 bits per heavy atom. The Balaban J connectivity index is 1.82. The van der Waals surface area contributed by atoms with Crippen molar-refractivity contribution in [3.63, 3.8) is 0 Å². The molecule has 2 aliphatic heterocycles. The largest absolute Gasteiger partial charge is 0.480 e. The second-order valence-corrected chi connectivity index (χ2v) is 5.70. The van der Waals surface area contributed by atoms with Crippen LogP contribution < -0.4 is 0 Å². The maximum Gasteiger partial charge on any atom is 0.321 e. The summed E-state index contributed by atoms with van der Waals surface area (Å²) in [5, 5.41) is 12.0. The molecule has 6 heteroatoms.